The van der Waals surface area contributed by atoms with E-state index in [0.717, 1.165) is 30.9 Å². The molecule has 0 radical (unpaired) electrons. The molecule has 3 heterocycles. The Labute approximate surface area is 163 Å². The van der Waals surface area contributed by atoms with Crippen molar-refractivity contribution < 1.29 is 31.1 Å². The normalized spacial score (nSPS) is 11.3. The predicted octanol–water partition coefficient (Wildman–Crippen LogP) is 2.46. The first kappa shape index (κ1) is 20.3. The van der Waals surface area contributed by atoms with Crippen molar-refractivity contribution in [1.29, 1.82) is 0 Å². The zero-order valence-corrected chi connectivity index (χ0v) is 15.6. The summed E-state index contributed by atoms with van der Waals surface area (Å²) in [5, 5.41) is 2.15. The zero-order valence-electron chi connectivity index (χ0n) is 14.8. The lowest BCUT2D eigenvalue weighted by Gasteiger charge is -2.10. The first-order chi connectivity index (χ1) is 13.8. The second-order valence-electron chi connectivity index (χ2n) is 5.62. The Hall–Kier alpha value is -3.41. The summed E-state index contributed by atoms with van der Waals surface area (Å²) in [7, 11) is -3.30. The van der Waals surface area contributed by atoms with Gasteiger partial charge in [0.05, 0.1) is 11.8 Å². The van der Waals surface area contributed by atoms with Gasteiger partial charge in [0.25, 0.3) is 10.0 Å². The van der Waals surface area contributed by atoms with Gasteiger partial charge in [-0.1, -0.05) is 0 Å². The maximum Gasteiger partial charge on any atom is 0.407 e. The van der Waals surface area contributed by atoms with Gasteiger partial charge >= 0.3 is 6.09 Å². The number of pyridine rings is 2. The minimum Gasteiger partial charge on any atom is -0.445 e. The number of hydrogen-bond donors (Lipinski definition) is 1. The van der Waals surface area contributed by atoms with E-state index in [2.05, 4.69) is 15.3 Å². The number of aromatic nitrogens is 3. The molecule has 8 nitrogen and oxygen atoms in total. The third-order valence-electron chi connectivity index (χ3n) is 3.80. The number of nitrogens with one attached hydrogen (secondary N) is 1. The molecular weight excluding hydrogens is 413 g/mol. The lowest BCUT2D eigenvalue weighted by molar-refractivity contribution is 0.141. The average molecular weight is 426 g/mol. The fourth-order valence-corrected chi connectivity index (χ4v) is 3.83. The van der Waals surface area contributed by atoms with Crippen LogP contribution in [0, 0.1) is 17.6 Å². The first-order valence-corrected chi connectivity index (χ1v) is 9.41. The van der Waals surface area contributed by atoms with Gasteiger partial charge in [0.2, 0.25) is 5.95 Å². The molecule has 0 unspecified atom stereocenters. The van der Waals surface area contributed by atoms with E-state index < -0.39 is 56.5 Å². The highest BCUT2D eigenvalue weighted by Crippen LogP contribution is 2.32. The Morgan fingerprint density at radius 1 is 1.28 bits per heavy atom. The number of carbonyl (C=O) groups is 1. The second-order valence-corrected chi connectivity index (χ2v) is 7.44. The van der Waals surface area contributed by atoms with Gasteiger partial charge in [-0.25, -0.2) is 30.9 Å². The van der Waals surface area contributed by atoms with E-state index in [1.165, 1.54) is 13.1 Å². The van der Waals surface area contributed by atoms with Gasteiger partial charge in [-0.05, 0) is 18.2 Å². The van der Waals surface area contributed by atoms with Crippen molar-refractivity contribution >= 4 is 16.1 Å². The van der Waals surface area contributed by atoms with Gasteiger partial charge in [0.1, 0.15) is 23.0 Å². The Kier molecular flexibility index (Phi) is 5.55. The fraction of sp³-hybridized carbons (Fsp3) is 0.118. The Morgan fingerprint density at radius 3 is 2.69 bits per heavy atom. The average Bonchev–Trinajstić information content (AvgIpc) is 3.03. The van der Waals surface area contributed by atoms with E-state index in [1.54, 1.807) is 0 Å². The van der Waals surface area contributed by atoms with Crippen LogP contribution in [0.25, 0.3) is 11.3 Å². The number of rotatable bonds is 5. The topological polar surface area (TPSA) is 103 Å². The molecule has 29 heavy (non-hydrogen) atoms. The van der Waals surface area contributed by atoms with Crippen LogP contribution >= 0.6 is 0 Å². The van der Waals surface area contributed by atoms with Crippen molar-refractivity contribution in [2.45, 2.75) is 11.5 Å². The van der Waals surface area contributed by atoms with Gasteiger partial charge in [-0.2, -0.15) is 4.39 Å². The highest BCUT2D eigenvalue weighted by atomic mass is 32.2. The Bertz CT molecular complexity index is 1180. The van der Waals surface area contributed by atoms with Gasteiger partial charge in [-0.3, -0.25) is 4.98 Å². The van der Waals surface area contributed by atoms with Crippen LogP contribution in [0.2, 0.25) is 0 Å². The fourth-order valence-electron chi connectivity index (χ4n) is 2.46. The first-order valence-electron chi connectivity index (χ1n) is 7.97. The van der Waals surface area contributed by atoms with E-state index in [4.69, 9.17) is 4.74 Å². The minimum absolute atomic E-state index is 0.347. The van der Waals surface area contributed by atoms with Crippen LogP contribution in [0.1, 0.15) is 5.56 Å². The number of nitrogens with zero attached hydrogens (tertiary/aromatic N) is 3. The Balaban J connectivity index is 2.22. The molecule has 12 heteroatoms. The Morgan fingerprint density at radius 2 is 2.03 bits per heavy atom. The molecule has 0 bridgehead atoms. The van der Waals surface area contributed by atoms with Crippen molar-refractivity contribution in [2.24, 2.45) is 0 Å². The maximum absolute atomic E-state index is 15.1. The van der Waals surface area contributed by atoms with E-state index >= 15 is 4.39 Å². The third-order valence-corrected chi connectivity index (χ3v) is 5.42. The molecule has 0 atom stereocenters. The molecule has 152 valence electrons. The molecule has 0 aliphatic heterocycles. The van der Waals surface area contributed by atoms with Gasteiger partial charge in [0, 0.05) is 31.2 Å². The molecule has 1 amide bonds. The van der Waals surface area contributed by atoms with Crippen LogP contribution < -0.4 is 5.32 Å². The lowest BCUT2D eigenvalue weighted by atomic mass is 10.2. The van der Waals surface area contributed by atoms with E-state index in [-0.39, 0.29) is 5.56 Å². The van der Waals surface area contributed by atoms with Crippen LogP contribution in [-0.4, -0.2) is 35.5 Å². The molecule has 0 aromatic carbocycles. The molecular formula is C17H13F3N4O4S. The van der Waals surface area contributed by atoms with Crippen molar-refractivity contribution in [3.8, 4) is 11.3 Å². The lowest BCUT2D eigenvalue weighted by Crippen LogP contribution is -2.19. The molecule has 0 fully saturated rings. The monoisotopic (exact) mass is 426 g/mol. The predicted molar refractivity (Wildman–Crippen MR) is 93.6 cm³/mol. The smallest absolute Gasteiger partial charge is 0.407 e. The summed E-state index contributed by atoms with van der Waals surface area (Å²) in [6.45, 7) is -0.635. The van der Waals surface area contributed by atoms with Crippen LogP contribution in [0.5, 0.6) is 0 Å². The van der Waals surface area contributed by atoms with Crippen LogP contribution in [0.4, 0.5) is 18.0 Å². The molecule has 0 spiro atoms. The van der Waals surface area contributed by atoms with E-state index in [0.29, 0.717) is 10.0 Å². The summed E-state index contributed by atoms with van der Waals surface area (Å²) in [4.78, 5) is 17.5. The zero-order chi connectivity index (χ0) is 21.2. The van der Waals surface area contributed by atoms with Gasteiger partial charge < -0.3 is 10.1 Å². The maximum atomic E-state index is 15.1. The quantitative estimate of drug-likeness (QED) is 0.629. The van der Waals surface area contributed by atoms with Crippen molar-refractivity contribution in [1.82, 2.24) is 19.3 Å². The summed E-state index contributed by atoms with van der Waals surface area (Å²) in [5.74, 6) is -3.21. The summed E-state index contributed by atoms with van der Waals surface area (Å²) < 4.78 is 73.9. The van der Waals surface area contributed by atoms with Gasteiger partial charge in [-0.15, -0.1) is 0 Å². The van der Waals surface area contributed by atoms with Crippen LogP contribution in [0.15, 0.2) is 47.9 Å². The number of halogens is 3. The van der Waals surface area contributed by atoms with Crippen molar-refractivity contribution in [3.63, 3.8) is 0 Å². The summed E-state index contributed by atoms with van der Waals surface area (Å²) >= 11 is 0. The number of ether oxygens (including phenoxy) is 1. The highest BCUT2D eigenvalue weighted by Gasteiger charge is 2.29. The van der Waals surface area contributed by atoms with E-state index in [1.807, 2.05) is 0 Å². The largest absolute Gasteiger partial charge is 0.445 e. The molecule has 1 N–H and O–H groups in total. The third kappa shape index (κ3) is 3.92. The molecule has 3 rings (SSSR count). The summed E-state index contributed by atoms with van der Waals surface area (Å²) in [6.07, 6.45) is 2.69. The molecule has 0 saturated carbocycles. The SMILES string of the molecule is CNC(=O)OCc1cn(S(=O)(=O)c2cncc(F)c2)c(-c2cccnc2F)c1F. The number of hydrogen-bond acceptors (Lipinski definition) is 6. The number of carbonyl (C=O) groups excluding carboxylic acids is 1. The van der Waals surface area contributed by atoms with Gasteiger partial charge in [0.15, 0.2) is 5.82 Å². The number of alkyl carbamates (subject to hydrolysis) is 1. The molecule has 0 saturated heterocycles. The summed E-state index contributed by atoms with van der Waals surface area (Å²) in [6, 6.07) is 3.09. The van der Waals surface area contributed by atoms with Crippen molar-refractivity contribution in [2.75, 3.05) is 7.05 Å². The van der Waals surface area contributed by atoms with Crippen LogP contribution in [-0.2, 0) is 21.4 Å². The number of amides is 1. The van der Waals surface area contributed by atoms with E-state index in [9.17, 15) is 22.0 Å². The van der Waals surface area contributed by atoms with Crippen molar-refractivity contribution in [3.05, 3.63) is 66.1 Å². The minimum atomic E-state index is -4.58. The summed E-state index contributed by atoms with van der Waals surface area (Å²) in [5.41, 5.74) is -1.49. The molecule has 3 aromatic heterocycles. The highest BCUT2D eigenvalue weighted by molar-refractivity contribution is 7.90. The second kappa shape index (κ2) is 7.91. The van der Waals surface area contributed by atoms with Crippen LogP contribution in [0.3, 0.4) is 0 Å². The molecule has 0 aliphatic carbocycles. The molecule has 0 aliphatic rings. The molecule has 3 aromatic rings. The standard InChI is InChI=1S/C17H13F3N4O4S/c1-21-17(25)28-9-10-8-24(29(26,27)12-5-11(18)6-22-7-12)15(14(10)19)13-3-2-4-23-16(13)20/h2-8H,9H2,1H3,(H,21,25).